The van der Waals surface area contributed by atoms with E-state index < -0.39 is 14.0 Å². The van der Waals surface area contributed by atoms with Gasteiger partial charge in [0, 0.05) is 49.6 Å². The van der Waals surface area contributed by atoms with Crippen molar-refractivity contribution < 1.29 is 14.6 Å². The number of nitrogens with one attached hydrogen (secondary N) is 1. The van der Waals surface area contributed by atoms with E-state index in [9.17, 15) is 14.7 Å². The lowest BCUT2D eigenvalue weighted by atomic mass is 10.1. The summed E-state index contributed by atoms with van der Waals surface area (Å²) in [6.45, 7) is 7.27. The zero-order valence-electron chi connectivity index (χ0n) is 18.1. The molecule has 0 atom stereocenters. The SMILES string of the molecule is C[Si](C)(C)CCOCn1cc(C(=O)O)cc(-c2nc(-c3c[nH]c4ncccc34)cs2)c1=O. The molecule has 0 saturated heterocycles. The number of aromatic nitrogens is 4. The van der Waals surface area contributed by atoms with Crippen LogP contribution in [0, 0.1) is 0 Å². The second kappa shape index (κ2) is 8.81. The zero-order valence-corrected chi connectivity index (χ0v) is 19.9. The number of nitrogens with zero attached hydrogens (tertiary/aromatic N) is 3. The average Bonchev–Trinajstić information content (AvgIpc) is 3.38. The molecule has 0 aliphatic heterocycles. The molecule has 8 nitrogen and oxygen atoms in total. The highest BCUT2D eigenvalue weighted by molar-refractivity contribution is 7.13. The van der Waals surface area contributed by atoms with Crippen LogP contribution in [0.1, 0.15) is 10.4 Å². The number of carbonyl (C=O) groups is 1. The predicted molar refractivity (Wildman–Crippen MR) is 128 cm³/mol. The van der Waals surface area contributed by atoms with Crippen molar-refractivity contribution >= 4 is 36.4 Å². The van der Waals surface area contributed by atoms with Gasteiger partial charge in [0.05, 0.1) is 16.8 Å². The Hall–Kier alpha value is -3.08. The van der Waals surface area contributed by atoms with Crippen LogP contribution < -0.4 is 5.56 Å². The van der Waals surface area contributed by atoms with Gasteiger partial charge < -0.3 is 14.8 Å². The third-order valence-corrected chi connectivity index (χ3v) is 7.60. The number of ether oxygens (including phenoxy) is 1. The second-order valence-corrected chi connectivity index (χ2v) is 15.2. The van der Waals surface area contributed by atoms with E-state index in [1.54, 1.807) is 6.20 Å². The van der Waals surface area contributed by atoms with Crippen LogP contribution in [-0.2, 0) is 11.5 Å². The minimum Gasteiger partial charge on any atom is -0.478 e. The first-order valence-electron chi connectivity index (χ1n) is 10.2. The molecule has 4 rings (SSSR count). The first-order valence-corrected chi connectivity index (χ1v) is 14.8. The number of aromatic carboxylic acids is 1. The summed E-state index contributed by atoms with van der Waals surface area (Å²) in [6.07, 6.45) is 4.86. The monoisotopic (exact) mass is 468 g/mol. The summed E-state index contributed by atoms with van der Waals surface area (Å²) in [5.74, 6) is -1.11. The molecule has 0 bridgehead atoms. The van der Waals surface area contributed by atoms with Crippen molar-refractivity contribution in [3.63, 3.8) is 0 Å². The van der Waals surface area contributed by atoms with Gasteiger partial charge in [0.1, 0.15) is 17.4 Å². The number of pyridine rings is 2. The van der Waals surface area contributed by atoms with E-state index >= 15 is 0 Å². The van der Waals surface area contributed by atoms with Crippen molar-refractivity contribution in [2.75, 3.05) is 6.61 Å². The zero-order chi connectivity index (χ0) is 22.9. The maximum atomic E-state index is 13.1. The summed E-state index contributed by atoms with van der Waals surface area (Å²) in [5, 5.41) is 12.8. The van der Waals surface area contributed by atoms with E-state index in [0.29, 0.717) is 17.3 Å². The normalized spacial score (nSPS) is 11.8. The van der Waals surface area contributed by atoms with Gasteiger partial charge in [-0.3, -0.25) is 9.36 Å². The third kappa shape index (κ3) is 4.72. The van der Waals surface area contributed by atoms with E-state index in [4.69, 9.17) is 4.74 Å². The predicted octanol–water partition coefficient (Wildman–Crippen LogP) is 4.53. The molecule has 4 aromatic rings. The number of carboxylic acid groups (broad SMARTS) is 1. The fourth-order valence-electron chi connectivity index (χ4n) is 3.23. The third-order valence-electron chi connectivity index (χ3n) is 5.02. The van der Waals surface area contributed by atoms with Crippen molar-refractivity contribution in [1.82, 2.24) is 19.5 Å². The summed E-state index contributed by atoms with van der Waals surface area (Å²) >= 11 is 1.30. The van der Waals surface area contributed by atoms with Crippen LogP contribution in [0.2, 0.25) is 25.7 Å². The molecule has 0 aliphatic rings. The number of carboxylic acids is 1. The largest absolute Gasteiger partial charge is 0.478 e. The van der Waals surface area contributed by atoms with Crippen molar-refractivity contribution in [1.29, 1.82) is 0 Å². The standard InChI is InChI=1S/C22H24N4O4SSi/c1-32(2,3)8-7-30-13-26-11-14(22(28)29)9-16(21(26)27)20-25-18(12-31-20)17-10-24-19-15(17)5-4-6-23-19/h4-6,9-12H,7-8,13H2,1-3H3,(H,23,24)(H,28,29). The van der Waals surface area contributed by atoms with E-state index in [0.717, 1.165) is 22.6 Å². The van der Waals surface area contributed by atoms with E-state index in [2.05, 4.69) is 34.6 Å². The van der Waals surface area contributed by atoms with Gasteiger partial charge >= 0.3 is 5.97 Å². The van der Waals surface area contributed by atoms with E-state index in [-0.39, 0.29) is 23.4 Å². The van der Waals surface area contributed by atoms with E-state index in [1.165, 1.54) is 28.2 Å². The molecule has 0 radical (unpaired) electrons. The molecular weight excluding hydrogens is 444 g/mol. The topological polar surface area (TPSA) is 110 Å². The highest BCUT2D eigenvalue weighted by atomic mass is 32.1. The fourth-order valence-corrected chi connectivity index (χ4v) is 4.82. The average molecular weight is 469 g/mol. The van der Waals surface area contributed by atoms with Crippen LogP contribution in [0.4, 0.5) is 0 Å². The molecule has 0 aromatic carbocycles. The van der Waals surface area contributed by atoms with Crippen molar-refractivity contribution in [2.45, 2.75) is 32.4 Å². The molecule has 4 aromatic heterocycles. The molecule has 0 unspecified atom stereocenters. The highest BCUT2D eigenvalue weighted by Crippen LogP contribution is 2.31. The molecule has 10 heteroatoms. The van der Waals surface area contributed by atoms with Gasteiger partial charge in [-0.1, -0.05) is 19.6 Å². The van der Waals surface area contributed by atoms with Crippen LogP contribution in [0.5, 0.6) is 0 Å². The summed E-state index contributed by atoms with van der Waals surface area (Å²) in [5.41, 5.74) is 2.25. The maximum absolute atomic E-state index is 13.1. The second-order valence-electron chi connectivity index (χ2n) is 8.71. The minimum atomic E-state index is -1.27. The summed E-state index contributed by atoms with van der Waals surface area (Å²) in [7, 11) is -1.27. The molecule has 0 amide bonds. The quantitative estimate of drug-likeness (QED) is 0.290. The maximum Gasteiger partial charge on any atom is 0.337 e. The lowest BCUT2D eigenvalue weighted by Crippen LogP contribution is -2.26. The van der Waals surface area contributed by atoms with Crippen LogP contribution >= 0.6 is 11.3 Å². The van der Waals surface area contributed by atoms with Crippen LogP contribution in [0.15, 0.2) is 47.0 Å². The molecule has 0 aliphatic carbocycles. The summed E-state index contributed by atoms with van der Waals surface area (Å²) in [4.78, 5) is 36.8. The van der Waals surface area contributed by atoms with Gasteiger partial charge in [0.15, 0.2) is 0 Å². The van der Waals surface area contributed by atoms with E-state index in [1.807, 2.05) is 23.7 Å². The number of aromatic amines is 1. The van der Waals surface area contributed by atoms with Crippen molar-refractivity contribution in [3.8, 4) is 21.8 Å². The minimum absolute atomic E-state index is 0.00375. The molecule has 0 saturated carbocycles. The number of H-pyrrole nitrogens is 1. The van der Waals surface area contributed by atoms with Crippen LogP contribution in [0.25, 0.3) is 32.9 Å². The number of fused-ring (bicyclic) bond motifs is 1. The van der Waals surface area contributed by atoms with Gasteiger partial charge in [-0.2, -0.15) is 0 Å². The Morgan fingerprint density at radius 1 is 1.31 bits per heavy atom. The first-order chi connectivity index (χ1) is 15.2. The lowest BCUT2D eigenvalue weighted by Gasteiger charge is -2.16. The van der Waals surface area contributed by atoms with Gasteiger partial charge in [-0.15, -0.1) is 11.3 Å². The Morgan fingerprint density at radius 3 is 2.88 bits per heavy atom. The Morgan fingerprint density at radius 2 is 2.12 bits per heavy atom. The molecule has 4 heterocycles. The van der Waals surface area contributed by atoms with Crippen LogP contribution in [0.3, 0.4) is 0 Å². The molecule has 0 fully saturated rings. The molecule has 166 valence electrons. The Balaban J connectivity index is 1.67. The van der Waals surface area contributed by atoms with Crippen molar-refractivity contribution in [3.05, 3.63) is 58.1 Å². The van der Waals surface area contributed by atoms with Gasteiger partial charge in [-0.05, 0) is 24.2 Å². The molecular formula is C22H24N4O4SSi. The Bertz CT molecular complexity index is 1340. The number of rotatable bonds is 8. The molecule has 32 heavy (non-hydrogen) atoms. The molecule has 2 N–H and O–H groups in total. The molecule has 0 spiro atoms. The van der Waals surface area contributed by atoms with Gasteiger partial charge in [-0.25, -0.2) is 14.8 Å². The fraction of sp³-hybridized carbons (Fsp3) is 0.273. The lowest BCUT2D eigenvalue weighted by molar-refractivity contribution is 0.0688. The number of thiazole rings is 1. The summed E-state index contributed by atoms with van der Waals surface area (Å²) in [6, 6.07) is 6.14. The van der Waals surface area contributed by atoms with Gasteiger partial charge in [0.2, 0.25) is 0 Å². The van der Waals surface area contributed by atoms with Crippen molar-refractivity contribution in [2.24, 2.45) is 0 Å². The highest BCUT2D eigenvalue weighted by Gasteiger charge is 2.18. The van der Waals surface area contributed by atoms with Crippen LogP contribution in [-0.4, -0.2) is 45.3 Å². The van der Waals surface area contributed by atoms with Gasteiger partial charge in [0.25, 0.3) is 5.56 Å². The smallest absolute Gasteiger partial charge is 0.337 e. The number of hydrogen-bond donors (Lipinski definition) is 2. The Kier molecular flexibility index (Phi) is 6.09. The first kappa shape index (κ1) is 22.1. The number of hydrogen-bond acceptors (Lipinski definition) is 6. The Labute approximate surface area is 189 Å². The summed E-state index contributed by atoms with van der Waals surface area (Å²) < 4.78 is 7.00.